The second-order valence-corrected chi connectivity index (χ2v) is 5.31. The molecule has 0 bridgehead atoms. The second kappa shape index (κ2) is 6.71. The number of ether oxygens (including phenoxy) is 1. The van der Waals surface area contributed by atoms with Gasteiger partial charge in [0.25, 0.3) is 0 Å². The lowest BCUT2D eigenvalue weighted by atomic mass is 10.2. The van der Waals surface area contributed by atoms with Crippen LogP contribution in [-0.4, -0.2) is 28.3 Å². The molecule has 24 heavy (non-hydrogen) atoms. The molecular formula is C15H13ClFN5O2. The molecule has 0 atom stereocenters. The molecule has 0 aliphatic rings. The lowest BCUT2D eigenvalue weighted by Gasteiger charge is -2.07. The van der Waals surface area contributed by atoms with Crippen molar-refractivity contribution in [3.63, 3.8) is 0 Å². The van der Waals surface area contributed by atoms with Crippen molar-refractivity contribution in [2.45, 2.75) is 6.54 Å². The molecule has 0 unspecified atom stereocenters. The first kappa shape index (κ1) is 16.0. The zero-order chi connectivity index (χ0) is 17.1. The van der Waals surface area contributed by atoms with Crippen molar-refractivity contribution in [2.24, 2.45) is 0 Å². The van der Waals surface area contributed by atoms with Crippen molar-refractivity contribution in [1.29, 1.82) is 0 Å². The Morgan fingerprint density at radius 3 is 3.00 bits per heavy atom. The van der Waals surface area contributed by atoms with E-state index in [2.05, 4.69) is 25.8 Å². The fourth-order valence-corrected chi connectivity index (χ4v) is 2.31. The molecule has 1 aromatic carbocycles. The molecule has 9 heteroatoms. The number of aromatic amines is 1. The van der Waals surface area contributed by atoms with Crippen molar-refractivity contribution in [3.05, 3.63) is 46.9 Å². The first-order chi connectivity index (χ1) is 11.6. The molecule has 3 rings (SSSR count). The maximum Gasteiger partial charge on any atom is 0.320 e. The first-order valence-electron chi connectivity index (χ1n) is 6.93. The zero-order valence-corrected chi connectivity index (χ0v) is 13.3. The summed E-state index contributed by atoms with van der Waals surface area (Å²) in [4.78, 5) is 16.0. The van der Waals surface area contributed by atoms with Gasteiger partial charge >= 0.3 is 6.03 Å². The number of carbonyl (C=O) groups is 1. The smallest absolute Gasteiger partial charge is 0.320 e. The van der Waals surface area contributed by atoms with Crippen LogP contribution in [0.1, 0.15) is 5.56 Å². The van der Waals surface area contributed by atoms with E-state index in [1.165, 1.54) is 19.2 Å². The number of benzene rings is 1. The highest BCUT2D eigenvalue weighted by atomic mass is 35.5. The van der Waals surface area contributed by atoms with Crippen LogP contribution in [-0.2, 0) is 6.54 Å². The van der Waals surface area contributed by atoms with Gasteiger partial charge in [0, 0.05) is 18.8 Å². The van der Waals surface area contributed by atoms with Crippen LogP contribution in [0.3, 0.4) is 0 Å². The Morgan fingerprint density at radius 1 is 1.42 bits per heavy atom. The Kier molecular flexibility index (Phi) is 4.48. The molecule has 2 aromatic heterocycles. The normalized spacial score (nSPS) is 10.6. The number of methoxy groups -OCH3 is 1. The lowest BCUT2D eigenvalue weighted by molar-refractivity contribution is 0.251. The van der Waals surface area contributed by atoms with Gasteiger partial charge in [0.05, 0.1) is 23.0 Å². The average Bonchev–Trinajstić information content (AvgIpc) is 2.98. The number of amides is 2. The van der Waals surface area contributed by atoms with E-state index in [4.69, 9.17) is 16.3 Å². The fraction of sp³-hybridized carbons (Fsp3) is 0.133. The number of nitrogens with one attached hydrogen (secondary N) is 3. The minimum Gasteiger partial charge on any atom is -0.479 e. The predicted molar refractivity (Wildman–Crippen MR) is 87.7 cm³/mol. The average molecular weight is 350 g/mol. The van der Waals surface area contributed by atoms with Crippen molar-refractivity contribution >= 4 is 34.4 Å². The number of carbonyl (C=O) groups excluding carboxylic acids is 1. The number of hydrogen-bond acceptors (Lipinski definition) is 4. The number of pyridine rings is 1. The number of halogens is 2. The Morgan fingerprint density at radius 2 is 2.25 bits per heavy atom. The summed E-state index contributed by atoms with van der Waals surface area (Å²) in [7, 11) is 1.51. The van der Waals surface area contributed by atoms with E-state index in [1.807, 2.05) is 0 Å². The van der Waals surface area contributed by atoms with E-state index in [0.717, 1.165) is 0 Å². The third-order valence-corrected chi connectivity index (χ3v) is 3.57. The van der Waals surface area contributed by atoms with Gasteiger partial charge in [-0.2, -0.15) is 0 Å². The molecule has 0 aliphatic heterocycles. The SMILES string of the molecule is COc1n[nH]c2cc(NC(=O)NCc3ccc(F)c(Cl)c3)ncc12. The maximum absolute atomic E-state index is 13.1. The summed E-state index contributed by atoms with van der Waals surface area (Å²) in [5, 5.41) is 12.7. The summed E-state index contributed by atoms with van der Waals surface area (Å²) < 4.78 is 18.2. The van der Waals surface area contributed by atoms with Gasteiger partial charge in [-0.25, -0.2) is 14.2 Å². The van der Waals surface area contributed by atoms with Gasteiger partial charge in [-0.05, 0) is 17.7 Å². The number of hydrogen-bond donors (Lipinski definition) is 3. The van der Waals surface area contributed by atoms with Crippen molar-refractivity contribution < 1.29 is 13.9 Å². The first-order valence-corrected chi connectivity index (χ1v) is 7.31. The minimum atomic E-state index is -0.502. The van der Waals surface area contributed by atoms with E-state index >= 15 is 0 Å². The molecule has 0 saturated heterocycles. The lowest BCUT2D eigenvalue weighted by Crippen LogP contribution is -2.28. The highest BCUT2D eigenvalue weighted by Crippen LogP contribution is 2.22. The third kappa shape index (κ3) is 3.38. The molecule has 3 N–H and O–H groups in total. The molecule has 3 aromatic rings. The molecule has 7 nitrogen and oxygen atoms in total. The Hall–Kier alpha value is -2.87. The van der Waals surface area contributed by atoms with Gasteiger partial charge in [0.15, 0.2) is 0 Å². The summed E-state index contributed by atoms with van der Waals surface area (Å²) in [6, 6.07) is 5.44. The molecule has 0 saturated carbocycles. The van der Waals surface area contributed by atoms with Crippen LogP contribution in [0.15, 0.2) is 30.5 Å². The quantitative estimate of drug-likeness (QED) is 0.675. The number of nitrogens with zero attached hydrogens (tertiary/aromatic N) is 2. The number of urea groups is 1. The summed E-state index contributed by atoms with van der Waals surface area (Å²) in [5.41, 5.74) is 1.36. The van der Waals surface area contributed by atoms with Crippen LogP contribution in [0.25, 0.3) is 10.9 Å². The van der Waals surface area contributed by atoms with Crippen LogP contribution in [0.2, 0.25) is 5.02 Å². The highest BCUT2D eigenvalue weighted by Gasteiger charge is 2.09. The summed E-state index contributed by atoms with van der Waals surface area (Å²) in [6.07, 6.45) is 1.55. The van der Waals surface area contributed by atoms with Gasteiger partial charge in [-0.15, -0.1) is 5.10 Å². The standard InChI is InChI=1S/C15H13ClFN5O2/c1-24-14-9-7-18-13(5-12(9)21-22-14)20-15(23)19-6-8-2-3-11(17)10(16)4-8/h2-5,7H,6H2,1H3,(H,21,22)(H2,18,19,20,23). The van der Waals surface area contributed by atoms with Crippen LogP contribution in [0.5, 0.6) is 5.88 Å². The molecule has 2 amide bonds. The van der Waals surface area contributed by atoms with E-state index in [9.17, 15) is 9.18 Å². The van der Waals surface area contributed by atoms with E-state index < -0.39 is 11.8 Å². The largest absolute Gasteiger partial charge is 0.479 e. The van der Waals surface area contributed by atoms with Crippen molar-refractivity contribution in [1.82, 2.24) is 20.5 Å². The molecule has 124 valence electrons. The highest BCUT2D eigenvalue weighted by molar-refractivity contribution is 6.30. The molecule has 0 aliphatic carbocycles. The van der Waals surface area contributed by atoms with Crippen LogP contribution in [0, 0.1) is 5.82 Å². The molecule has 0 fully saturated rings. The minimum absolute atomic E-state index is 0.00928. The van der Waals surface area contributed by atoms with Gasteiger partial charge < -0.3 is 10.1 Å². The Labute approximate surface area is 141 Å². The number of rotatable bonds is 4. The van der Waals surface area contributed by atoms with Crippen LogP contribution < -0.4 is 15.4 Å². The van der Waals surface area contributed by atoms with Crippen LogP contribution >= 0.6 is 11.6 Å². The summed E-state index contributed by atoms with van der Waals surface area (Å²) in [6.45, 7) is 0.200. The Balaban J connectivity index is 1.63. The summed E-state index contributed by atoms with van der Waals surface area (Å²) in [5.74, 6) is 0.280. The zero-order valence-electron chi connectivity index (χ0n) is 12.6. The van der Waals surface area contributed by atoms with E-state index in [0.29, 0.717) is 28.2 Å². The van der Waals surface area contributed by atoms with E-state index in [1.54, 1.807) is 18.3 Å². The maximum atomic E-state index is 13.1. The molecule has 0 spiro atoms. The van der Waals surface area contributed by atoms with Gasteiger partial charge in [-0.1, -0.05) is 17.7 Å². The number of H-pyrrole nitrogens is 1. The fourth-order valence-electron chi connectivity index (χ4n) is 2.11. The van der Waals surface area contributed by atoms with Gasteiger partial charge in [0.1, 0.15) is 11.6 Å². The monoisotopic (exact) mass is 349 g/mol. The van der Waals surface area contributed by atoms with Crippen molar-refractivity contribution in [2.75, 3.05) is 12.4 Å². The molecule has 0 radical (unpaired) electrons. The third-order valence-electron chi connectivity index (χ3n) is 3.28. The topological polar surface area (TPSA) is 91.9 Å². The second-order valence-electron chi connectivity index (χ2n) is 4.90. The van der Waals surface area contributed by atoms with Crippen LogP contribution in [0.4, 0.5) is 15.0 Å². The van der Waals surface area contributed by atoms with Crippen molar-refractivity contribution in [3.8, 4) is 5.88 Å². The van der Waals surface area contributed by atoms with E-state index in [-0.39, 0.29) is 11.6 Å². The number of anilines is 1. The van der Waals surface area contributed by atoms with Gasteiger partial charge in [-0.3, -0.25) is 10.4 Å². The Bertz CT molecular complexity index is 899. The molecule has 2 heterocycles. The predicted octanol–water partition coefficient (Wildman–Crippen LogP) is 3.08. The van der Waals surface area contributed by atoms with Gasteiger partial charge in [0.2, 0.25) is 5.88 Å². The molecular weight excluding hydrogens is 337 g/mol. The number of aromatic nitrogens is 3. The summed E-state index contributed by atoms with van der Waals surface area (Å²) >= 11 is 5.70. The number of fused-ring (bicyclic) bond motifs is 1.